The van der Waals surface area contributed by atoms with Crippen LogP contribution < -0.4 is 14.9 Å². The molecular formula is C25H29N3O5S. The van der Waals surface area contributed by atoms with Crippen molar-refractivity contribution < 1.29 is 22.4 Å². The van der Waals surface area contributed by atoms with Crippen molar-refractivity contribution in [2.45, 2.75) is 44.7 Å². The Labute approximate surface area is 200 Å². The monoisotopic (exact) mass is 483 g/mol. The average Bonchev–Trinajstić information content (AvgIpc) is 3.35. The Morgan fingerprint density at radius 2 is 1.76 bits per heavy atom. The van der Waals surface area contributed by atoms with Gasteiger partial charge in [-0.15, -0.1) is 0 Å². The number of hydrogen-bond donors (Lipinski definition) is 2. The van der Waals surface area contributed by atoms with E-state index in [1.807, 2.05) is 32.0 Å². The van der Waals surface area contributed by atoms with E-state index in [2.05, 4.69) is 10.0 Å². The fourth-order valence-electron chi connectivity index (χ4n) is 3.57. The third kappa shape index (κ3) is 6.12. The molecule has 0 fully saturated rings. The summed E-state index contributed by atoms with van der Waals surface area (Å²) in [7, 11) is -3.89. The van der Waals surface area contributed by atoms with Crippen LogP contribution in [0, 0.1) is 13.8 Å². The zero-order valence-electron chi connectivity index (χ0n) is 19.4. The molecule has 180 valence electrons. The van der Waals surface area contributed by atoms with Crippen LogP contribution in [0.4, 0.5) is 5.69 Å². The SMILES string of the molecule is CCC(C(=O)NCc1ccco1)N(C(=O)CNS(=O)(=O)c1ccccc1)c1cc(C)ccc1C. The molecule has 2 amide bonds. The highest BCUT2D eigenvalue weighted by Crippen LogP contribution is 2.25. The van der Waals surface area contributed by atoms with E-state index >= 15 is 0 Å². The molecule has 2 N–H and O–H groups in total. The molecule has 0 spiro atoms. The van der Waals surface area contributed by atoms with E-state index < -0.39 is 28.5 Å². The first kappa shape index (κ1) is 25.2. The number of aryl methyl sites for hydroxylation is 2. The van der Waals surface area contributed by atoms with Crippen molar-refractivity contribution in [3.63, 3.8) is 0 Å². The summed E-state index contributed by atoms with van der Waals surface area (Å²) in [5.41, 5.74) is 2.26. The van der Waals surface area contributed by atoms with Gasteiger partial charge in [0.1, 0.15) is 11.8 Å². The number of anilines is 1. The number of carbonyl (C=O) groups excluding carboxylic acids is 2. The van der Waals surface area contributed by atoms with Crippen LogP contribution in [0.25, 0.3) is 0 Å². The molecule has 0 bridgehead atoms. The van der Waals surface area contributed by atoms with E-state index in [1.54, 1.807) is 37.3 Å². The van der Waals surface area contributed by atoms with E-state index in [9.17, 15) is 18.0 Å². The van der Waals surface area contributed by atoms with Crippen LogP contribution in [-0.4, -0.2) is 32.8 Å². The lowest BCUT2D eigenvalue weighted by atomic mass is 10.1. The smallest absolute Gasteiger partial charge is 0.243 e. The van der Waals surface area contributed by atoms with Crippen molar-refractivity contribution in [3.05, 3.63) is 83.8 Å². The summed E-state index contributed by atoms with van der Waals surface area (Å²) in [4.78, 5) is 28.0. The average molecular weight is 484 g/mol. The Morgan fingerprint density at radius 3 is 2.41 bits per heavy atom. The summed E-state index contributed by atoms with van der Waals surface area (Å²) in [6.45, 7) is 5.22. The second-order valence-electron chi connectivity index (χ2n) is 7.91. The highest BCUT2D eigenvalue weighted by atomic mass is 32.2. The van der Waals surface area contributed by atoms with Gasteiger partial charge in [-0.3, -0.25) is 14.5 Å². The summed E-state index contributed by atoms with van der Waals surface area (Å²) < 4.78 is 32.9. The number of nitrogens with zero attached hydrogens (tertiary/aromatic N) is 1. The number of nitrogens with one attached hydrogen (secondary N) is 2. The van der Waals surface area contributed by atoms with Gasteiger partial charge in [0.15, 0.2) is 0 Å². The van der Waals surface area contributed by atoms with Crippen molar-refractivity contribution >= 4 is 27.5 Å². The van der Waals surface area contributed by atoms with Gasteiger partial charge in [0, 0.05) is 5.69 Å². The van der Waals surface area contributed by atoms with E-state index in [4.69, 9.17) is 4.42 Å². The van der Waals surface area contributed by atoms with Gasteiger partial charge in [-0.05, 0) is 61.7 Å². The topological polar surface area (TPSA) is 109 Å². The fourth-order valence-corrected chi connectivity index (χ4v) is 4.57. The molecule has 1 unspecified atom stereocenters. The molecule has 1 atom stereocenters. The molecule has 0 aliphatic heterocycles. The van der Waals surface area contributed by atoms with Crippen molar-refractivity contribution in [3.8, 4) is 0 Å². The zero-order chi connectivity index (χ0) is 24.7. The first-order chi connectivity index (χ1) is 16.2. The minimum absolute atomic E-state index is 0.0596. The molecule has 0 aliphatic carbocycles. The highest BCUT2D eigenvalue weighted by molar-refractivity contribution is 7.89. The van der Waals surface area contributed by atoms with Gasteiger partial charge in [-0.1, -0.05) is 37.3 Å². The van der Waals surface area contributed by atoms with Crippen molar-refractivity contribution in [1.82, 2.24) is 10.0 Å². The van der Waals surface area contributed by atoms with Crippen LogP contribution in [0.3, 0.4) is 0 Å². The van der Waals surface area contributed by atoms with Crippen LogP contribution in [-0.2, 0) is 26.2 Å². The number of amides is 2. The Bertz CT molecular complexity index is 1220. The van der Waals surface area contributed by atoms with Crippen molar-refractivity contribution in [1.29, 1.82) is 0 Å². The quantitative estimate of drug-likeness (QED) is 0.460. The maximum atomic E-state index is 13.4. The molecular weight excluding hydrogens is 454 g/mol. The normalized spacial score (nSPS) is 12.2. The Hall–Kier alpha value is -3.43. The van der Waals surface area contributed by atoms with Crippen LogP contribution in [0.2, 0.25) is 0 Å². The Kier molecular flexibility index (Phi) is 8.25. The highest BCUT2D eigenvalue weighted by Gasteiger charge is 2.31. The number of hydrogen-bond acceptors (Lipinski definition) is 5. The molecule has 2 aromatic carbocycles. The van der Waals surface area contributed by atoms with Crippen LogP contribution in [0.5, 0.6) is 0 Å². The summed E-state index contributed by atoms with van der Waals surface area (Å²) >= 11 is 0. The molecule has 9 heteroatoms. The van der Waals surface area contributed by atoms with Crippen molar-refractivity contribution in [2.24, 2.45) is 0 Å². The zero-order valence-corrected chi connectivity index (χ0v) is 20.3. The minimum atomic E-state index is -3.89. The van der Waals surface area contributed by atoms with Gasteiger partial charge in [0.2, 0.25) is 21.8 Å². The second-order valence-corrected chi connectivity index (χ2v) is 9.68. The van der Waals surface area contributed by atoms with Gasteiger partial charge >= 0.3 is 0 Å². The molecule has 34 heavy (non-hydrogen) atoms. The Balaban J connectivity index is 1.87. The van der Waals surface area contributed by atoms with Gasteiger partial charge in [-0.2, -0.15) is 0 Å². The van der Waals surface area contributed by atoms with Gasteiger partial charge in [0.05, 0.1) is 24.2 Å². The molecule has 3 rings (SSSR count). The standard InChI is InChI=1S/C25H29N3O5S/c1-4-22(25(30)26-16-20-9-8-14-33-20)28(23-15-18(2)12-13-19(23)3)24(29)17-27-34(31,32)21-10-6-5-7-11-21/h5-15,22,27H,4,16-17H2,1-3H3,(H,26,30). The predicted molar refractivity (Wildman–Crippen MR) is 130 cm³/mol. The molecule has 0 saturated carbocycles. The molecule has 8 nitrogen and oxygen atoms in total. The third-order valence-corrected chi connectivity index (χ3v) is 6.79. The first-order valence-electron chi connectivity index (χ1n) is 11.0. The molecule has 1 aromatic heterocycles. The van der Waals surface area contributed by atoms with Crippen LogP contribution in [0.1, 0.15) is 30.2 Å². The van der Waals surface area contributed by atoms with Gasteiger partial charge < -0.3 is 9.73 Å². The lowest BCUT2D eigenvalue weighted by Gasteiger charge is -2.32. The summed E-state index contributed by atoms with van der Waals surface area (Å²) in [5.74, 6) is -0.310. The molecule has 0 saturated heterocycles. The van der Waals surface area contributed by atoms with Crippen molar-refractivity contribution in [2.75, 3.05) is 11.4 Å². The first-order valence-corrected chi connectivity index (χ1v) is 12.5. The number of rotatable bonds is 10. The second kappa shape index (κ2) is 11.1. The molecule has 0 aliphatic rings. The summed E-state index contributed by atoms with van der Waals surface area (Å²) in [6, 6.07) is 16.1. The summed E-state index contributed by atoms with van der Waals surface area (Å²) in [6.07, 6.45) is 1.85. The summed E-state index contributed by atoms with van der Waals surface area (Å²) in [5, 5.41) is 2.81. The number of sulfonamides is 1. The molecule has 0 radical (unpaired) electrons. The Morgan fingerprint density at radius 1 is 1.03 bits per heavy atom. The van der Waals surface area contributed by atoms with Gasteiger partial charge in [0.25, 0.3) is 0 Å². The lowest BCUT2D eigenvalue weighted by molar-refractivity contribution is -0.126. The van der Waals surface area contributed by atoms with E-state index in [-0.39, 0.29) is 17.3 Å². The van der Waals surface area contributed by atoms with Gasteiger partial charge in [-0.25, -0.2) is 13.1 Å². The maximum Gasteiger partial charge on any atom is 0.243 e. The number of benzene rings is 2. The van der Waals surface area contributed by atoms with E-state index in [0.29, 0.717) is 17.9 Å². The van der Waals surface area contributed by atoms with Crippen LogP contribution >= 0.6 is 0 Å². The largest absolute Gasteiger partial charge is 0.467 e. The van der Waals surface area contributed by atoms with Crippen LogP contribution in [0.15, 0.2) is 76.2 Å². The number of furan rings is 1. The molecule has 1 heterocycles. The minimum Gasteiger partial charge on any atom is -0.467 e. The number of carbonyl (C=O) groups is 2. The predicted octanol–water partition coefficient (Wildman–Crippen LogP) is 3.30. The molecule has 3 aromatic rings. The third-order valence-electron chi connectivity index (χ3n) is 5.38. The fraction of sp³-hybridized carbons (Fsp3) is 0.280. The lowest BCUT2D eigenvalue weighted by Crippen LogP contribution is -2.52. The van der Waals surface area contributed by atoms with E-state index in [0.717, 1.165) is 11.1 Å². The van der Waals surface area contributed by atoms with E-state index in [1.165, 1.54) is 23.3 Å². The maximum absolute atomic E-state index is 13.4.